The molecule has 1 heterocycles. The van der Waals surface area contributed by atoms with Crippen LogP contribution in [0.3, 0.4) is 0 Å². The predicted molar refractivity (Wildman–Crippen MR) is 74.5 cm³/mol. The maximum absolute atomic E-state index is 4.19. The van der Waals surface area contributed by atoms with Crippen LogP contribution in [-0.2, 0) is 6.54 Å². The van der Waals surface area contributed by atoms with E-state index in [9.17, 15) is 0 Å². The minimum Gasteiger partial charge on any atom is -0.312 e. The lowest BCUT2D eigenvalue weighted by atomic mass is 10.1. The molecule has 98 valence electrons. The summed E-state index contributed by atoms with van der Waals surface area (Å²) >= 11 is 0. The van der Waals surface area contributed by atoms with Crippen molar-refractivity contribution in [3.05, 3.63) is 24.3 Å². The number of benzene rings is 1. The fraction of sp³-hybridized carbons (Fsp3) is 0.571. The maximum atomic E-state index is 4.19. The highest BCUT2D eigenvalue weighted by atomic mass is 15.4. The van der Waals surface area contributed by atoms with Crippen molar-refractivity contribution in [1.82, 2.24) is 20.3 Å². The second kappa shape index (κ2) is 5.48. The molecule has 1 aromatic heterocycles. The second-order valence-electron chi connectivity index (χ2n) is 5.69. The molecular weight excluding hydrogens is 224 g/mol. The van der Waals surface area contributed by atoms with E-state index in [0.717, 1.165) is 37.0 Å². The Bertz CT molecular complexity index is 496. The van der Waals surface area contributed by atoms with E-state index in [-0.39, 0.29) is 5.54 Å². The minimum atomic E-state index is 0.208. The SMILES string of the molecule is CC(C)(C)NCCCCn1nnc2ccccc21. The molecule has 0 saturated carbocycles. The molecule has 0 spiro atoms. The molecule has 0 unspecified atom stereocenters. The van der Waals surface area contributed by atoms with Crippen molar-refractivity contribution in [1.29, 1.82) is 0 Å². The Hall–Kier alpha value is -1.42. The van der Waals surface area contributed by atoms with Crippen molar-refractivity contribution in [3.63, 3.8) is 0 Å². The van der Waals surface area contributed by atoms with Crippen molar-refractivity contribution < 1.29 is 0 Å². The Morgan fingerprint density at radius 1 is 1.17 bits per heavy atom. The quantitative estimate of drug-likeness (QED) is 0.825. The summed E-state index contributed by atoms with van der Waals surface area (Å²) in [6.07, 6.45) is 2.28. The maximum Gasteiger partial charge on any atom is 0.113 e. The van der Waals surface area contributed by atoms with Gasteiger partial charge in [0.25, 0.3) is 0 Å². The van der Waals surface area contributed by atoms with Gasteiger partial charge in [0, 0.05) is 12.1 Å². The Labute approximate surface area is 108 Å². The van der Waals surface area contributed by atoms with E-state index >= 15 is 0 Å². The van der Waals surface area contributed by atoms with Gasteiger partial charge in [-0.25, -0.2) is 4.68 Å². The van der Waals surface area contributed by atoms with Crippen LogP contribution >= 0.6 is 0 Å². The van der Waals surface area contributed by atoms with E-state index in [1.54, 1.807) is 0 Å². The fourth-order valence-electron chi connectivity index (χ4n) is 1.93. The lowest BCUT2D eigenvalue weighted by molar-refractivity contribution is 0.412. The molecular formula is C14H22N4. The molecule has 0 atom stereocenters. The van der Waals surface area contributed by atoms with E-state index in [4.69, 9.17) is 0 Å². The first kappa shape index (κ1) is 13.0. The summed E-state index contributed by atoms with van der Waals surface area (Å²) in [6, 6.07) is 8.10. The number of aromatic nitrogens is 3. The standard InChI is InChI=1S/C14H22N4/c1-14(2,3)15-10-6-7-11-18-13-9-5-4-8-12(13)16-17-18/h4-5,8-9,15H,6-7,10-11H2,1-3H3. The fourth-order valence-corrected chi connectivity index (χ4v) is 1.93. The molecule has 4 nitrogen and oxygen atoms in total. The minimum absolute atomic E-state index is 0.208. The van der Waals surface area contributed by atoms with Gasteiger partial charge in [-0.15, -0.1) is 5.10 Å². The van der Waals surface area contributed by atoms with Crippen LogP contribution in [0, 0.1) is 0 Å². The number of hydrogen-bond acceptors (Lipinski definition) is 3. The van der Waals surface area contributed by atoms with Crippen LogP contribution in [0.5, 0.6) is 0 Å². The van der Waals surface area contributed by atoms with E-state index < -0.39 is 0 Å². The Morgan fingerprint density at radius 3 is 2.72 bits per heavy atom. The molecule has 1 N–H and O–H groups in total. The van der Waals surface area contributed by atoms with Crippen molar-refractivity contribution in [2.75, 3.05) is 6.54 Å². The number of para-hydroxylation sites is 1. The summed E-state index contributed by atoms with van der Waals surface area (Å²) in [4.78, 5) is 0. The van der Waals surface area contributed by atoms with Crippen LogP contribution in [0.25, 0.3) is 11.0 Å². The number of unbranched alkanes of at least 4 members (excludes halogenated alkanes) is 1. The van der Waals surface area contributed by atoms with Gasteiger partial charge in [-0.2, -0.15) is 0 Å². The van der Waals surface area contributed by atoms with Crippen LogP contribution in [-0.4, -0.2) is 27.1 Å². The Kier molecular flexibility index (Phi) is 3.97. The lowest BCUT2D eigenvalue weighted by Gasteiger charge is -2.20. The lowest BCUT2D eigenvalue weighted by Crippen LogP contribution is -2.36. The highest BCUT2D eigenvalue weighted by Gasteiger charge is 2.07. The average molecular weight is 246 g/mol. The smallest absolute Gasteiger partial charge is 0.113 e. The van der Waals surface area contributed by atoms with Crippen LogP contribution in [0.4, 0.5) is 0 Å². The van der Waals surface area contributed by atoms with Gasteiger partial charge in [0.05, 0.1) is 5.52 Å². The first-order valence-corrected chi connectivity index (χ1v) is 6.59. The van der Waals surface area contributed by atoms with Gasteiger partial charge in [0.2, 0.25) is 0 Å². The van der Waals surface area contributed by atoms with Gasteiger partial charge in [0.15, 0.2) is 0 Å². The summed E-state index contributed by atoms with van der Waals surface area (Å²) in [7, 11) is 0. The van der Waals surface area contributed by atoms with Crippen molar-refractivity contribution >= 4 is 11.0 Å². The van der Waals surface area contributed by atoms with Gasteiger partial charge in [-0.1, -0.05) is 17.3 Å². The topological polar surface area (TPSA) is 42.7 Å². The highest BCUT2D eigenvalue weighted by molar-refractivity contribution is 5.73. The molecule has 18 heavy (non-hydrogen) atoms. The molecule has 0 aliphatic heterocycles. The third-order valence-corrected chi connectivity index (χ3v) is 2.87. The van der Waals surface area contributed by atoms with Gasteiger partial charge in [-0.3, -0.25) is 0 Å². The van der Waals surface area contributed by atoms with Crippen LogP contribution in [0.2, 0.25) is 0 Å². The zero-order valence-electron chi connectivity index (χ0n) is 11.5. The number of fused-ring (bicyclic) bond motifs is 1. The molecule has 0 fully saturated rings. The zero-order chi connectivity index (χ0) is 13.0. The first-order chi connectivity index (χ1) is 8.56. The summed E-state index contributed by atoms with van der Waals surface area (Å²) in [5.74, 6) is 0. The van der Waals surface area contributed by atoms with Crippen molar-refractivity contribution in [2.24, 2.45) is 0 Å². The van der Waals surface area contributed by atoms with Gasteiger partial charge >= 0.3 is 0 Å². The molecule has 0 aliphatic rings. The molecule has 0 aliphatic carbocycles. The predicted octanol–water partition coefficient (Wildman–Crippen LogP) is 2.60. The molecule has 0 radical (unpaired) electrons. The molecule has 2 rings (SSSR count). The Balaban J connectivity index is 1.80. The first-order valence-electron chi connectivity index (χ1n) is 6.59. The third-order valence-electron chi connectivity index (χ3n) is 2.87. The monoisotopic (exact) mass is 246 g/mol. The number of nitrogens with zero attached hydrogens (tertiary/aromatic N) is 3. The van der Waals surface area contributed by atoms with Gasteiger partial charge in [-0.05, 0) is 52.3 Å². The molecule has 0 bridgehead atoms. The van der Waals surface area contributed by atoms with E-state index in [1.807, 2.05) is 22.9 Å². The van der Waals surface area contributed by atoms with Crippen LogP contribution < -0.4 is 5.32 Å². The van der Waals surface area contributed by atoms with E-state index in [0.29, 0.717) is 0 Å². The van der Waals surface area contributed by atoms with Gasteiger partial charge < -0.3 is 5.32 Å². The van der Waals surface area contributed by atoms with Crippen LogP contribution in [0.1, 0.15) is 33.6 Å². The highest BCUT2D eigenvalue weighted by Crippen LogP contribution is 2.10. The van der Waals surface area contributed by atoms with E-state index in [1.165, 1.54) is 0 Å². The molecule has 2 aromatic rings. The summed E-state index contributed by atoms with van der Waals surface area (Å²) in [5, 5.41) is 11.8. The normalized spacial score (nSPS) is 12.2. The molecule has 0 amide bonds. The number of rotatable bonds is 5. The van der Waals surface area contributed by atoms with Crippen molar-refractivity contribution in [3.8, 4) is 0 Å². The molecule has 0 saturated heterocycles. The second-order valence-corrected chi connectivity index (χ2v) is 5.69. The molecule has 4 heteroatoms. The summed E-state index contributed by atoms with van der Waals surface area (Å²) in [5.41, 5.74) is 2.31. The number of aryl methyl sites for hydroxylation is 1. The van der Waals surface area contributed by atoms with Crippen molar-refractivity contribution in [2.45, 2.75) is 45.7 Å². The van der Waals surface area contributed by atoms with Gasteiger partial charge in [0.1, 0.15) is 5.52 Å². The zero-order valence-corrected chi connectivity index (χ0v) is 11.5. The summed E-state index contributed by atoms with van der Waals surface area (Å²) < 4.78 is 1.99. The van der Waals surface area contributed by atoms with Crippen LogP contribution in [0.15, 0.2) is 24.3 Å². The third kappa shape index (κ3) is 3.53. The largest absolute Gasteiger partial charge is 0.312 e. The number of nitrogens with one attached hydrogen (secondary N) is 1. The summed E-state index contributed by atoms with van der Waals surface area (Å²) in [6.45, 7) is 8.57. The average Bonchev–Trinajstić information content (AvgIpc) is 2.71. The van der Waals surface area contributed by atoms with E-state index in [2.05, 4.69) is 42.5 Å². The number of hydrogen-bond donors (Lipinski definition) is 1. The molecule has 1 aromatic carbocycles. The Morgan fingerprint density at radius 2 is 1.94 bits per heavy atom.